The lowest BCUT2D eigenvalue weighted by molar-refractivity contribution is 0.327. The van der Waals surface area contributed by atoms with E-state index in [4.69, 9.17) is 0 Å². The summed E-state index contributed by atoms with van der Waals surface area (Å²) in [7, 11) is 2.15. The summed E-state index contributed by atoms with van der Waals surface area (Å²) in [5, 5.41) is 0. The van der Waals surface area contributed by atoms with E-state index in [0.717, 1.165) is 19.5 Å². The van der Waals surface area contributed by atoms with Gasteiger partial charge in [0.15, 0.2) is 0 Å². The second-order valence-electron chi connectivity index (χ2n) is 4.75. The van der Waals surface area contributed by atoms with Gasteiger partial charge in [-0.3, -0.25) is 0 Å². The van der Waals surface area contributed by atoms with Crippen molar-refractivity contribution in [1.82, 2.24) is 9.80 Å². The molecule has 2 aliphatic carbocycles. The van der Waals surface area contributed by atoms with Crippen molar-refractivity contribution in [2.75, 3.05) is 13.7 Å². The van der Waals surface area contributed by atoms with E-state index in [1.165, 1.54) is 17.1 Å². The van der Waals surface area contributed by atoms with Crippen LogP contribution < -0.4 is 0 Å². The molecule has 0 fully saturated rings. The van der Waals surface area contributed by atoms with Gasteiger partial charge in [-0.05, 0) is 24.6 Å². The molecule has 0 saturated carbocycles. The van der Waals surface area contributed by atoms with Gasteiger partial charge in [-0.15, -0.1) is 0 Å². The summed E-state index contributed by atoms with van der Waals surface area (Å²) >= 11 is 0. The third-order valence-corrected chi connectivity index (χ3v) is 3.46. The molecule has 1 aliphatic heterocycles. The fourth-order valence-corrected chi connectivity index (χ4v) is 2.54. The minimum atomic E-state index is 0.937. The number of hydrogen-bond acceptors (Lipinski definition) is 2. The predicted molar refractivity (Wildman–Crippen MR) is 75.4 cm³/mol. The van der Waals surface area contributed by atoms with E-state index in [1.54, 1.807) is 0 Å². The van der Waals surface area contributed by atoms with Crippen LogP contribution in [-0.4, -0.2) is 23.5 Å². The Labute approximate surface area is 109 Å². The number of hydrogen-bond donors (Lipinski definition) is 0. The predicted octanol–water partition coefficient (Wildman–Crippen LogP) is 3.32. The highest BCUT2D eigenvalue weighted by Gasteiger charge is 2.25. The van der Waals surface area contributed by atoms with Gasteiger partial charge in [0.2, 0.25) is 0 Å². The molecule has 18 heavy (non-hydrogen) atoms. The Balaban J connectivity index is 1.97. The molecule has 2 heteroatoms. The van der Waals surface area contributed by atoms with Gasteiger partial charge in [-0.2, -0.15) is 0 Å². The monoisotopic (exact) mass is 238 g/mol. The summed E-state index contributed by atoms with van der Waals surface area (Å²) in [6.07, 6.45) is 21.7. The lowest BCUT2D eigenvalue weighted by atomic mass is 10.2. The summed E-state index contributed by atoms with van der Waals surface area (Å²) in [5.41, 5.74) is 4.00. The van der Waals surface area contributed by atoms with E-state index in [0.29, 0.717) is 0 Å². The van der Waals surface area contributed by atoms with E-state index in [-0.39, 0.29) is 0 Å². The van der Waals surface area contributed by atoms with Crippen LogP contribution in [0.1, 0.15) is 12.8 Å². The molecule has 3 rings (SSSR count). The molecule has 0 aromatic carbocycles. The van der Waals surface area contributed by atoms with E-state index in [9.17, 15) is 0 Å². The highest BCUT2D eigenvalue weighted by atomic mass is 15.4. The fourth-order valence-electron chi connectivity index (χ4n) is 2.54. The van der Waals surface area contributed by atoms with Crippen molar-refractivity contribution in [2.45, 2.75) is 12.8 Å². The number of rotatable bonds is 1. The third-order valence-electron chi connectivity index (χ3n) is 3.46. The molecule has 2 nitrogen and oxygen atoms in total. The van der Waals surface area contributed by atoms with Gasteiger partial charge in [0.1, 0.15) is 0 Å². The summed E-state index contributed by atoms with van der Waals surface area (Å²) < 4.78 is 0. The van der Waals surface area contributed by atoms with Crippen LogP contribution in [0, 0.1) is 0 Å². The van der Waals surface area contributed by atoms with Crippen molar-refractivity contribution in [3.8, 4) is 0 Å². The van der Waals surface area contributed by atoms with Crippen molar-refractivity contribution < 1.29 is 0 Å². The largest absolute Gasteiger partial charge is 0.355 e. The van der Waals surface area contributed by atoms with Crippen LogP contribution in [0.4, 0.5) is 0 Å². The smallest absolute Gasteiger partial charge is 0.0947 e. The number of allylic oxidation sites excluding steroid dienone is 9. The molecule has 0 N–H and O–H groups in total. The Morgan fingerprint density at radius 3 is 2.67 bits per heavy atom. The zero-order valence-corrected chi connectivity index (χ0v) is 10.7. The zero-order chi connectivity index (χ0) is 12.4. The standard InChI is InChI=1S/C16H18N2/c1-17-13-18(14-9-5-2-3-6-10-14)16-12-8-4-7-11-15(16)17/h2-3,5-9,11-12H,4,10,13H2,1H3. The first-order chi connectivity index (χ1) is 8.86. The first-order valence-electron chi connectivity index (χ1n) is 6.44. The van der Waals surface area contributed by atoms with Crippen molar-refractivity contribution in [3.05, 3.63) is 71.8 Å². The fraction of sp³-hybridized carbons (Fsp3) is 0.250. The Bertz CT molecular complexity index is 515. The van der Waals surface area contributed by atoms with Gasteiger partial charge < -0.3 is 9.80 Å². The van der Waals surface area contributed by atoms with Gasteiger partial charge in [0, 0.05) is 19.2 Å². The average Bonchev–Trinajstić information content (AvgIpc) is 2.67. The Hall–Kier alpha value is -1.96. The van der Waals surface area contributed by atoms with E-state index in [2.05, 4.69) is 71.5 Å². The lowest BCUT2D eigenvalue weighted by Crippen LogP contribution is -2.24. The highest BCUT2D eigenvalue weighted by Crippen LogP contribution is 2.31. The molecular weight excluding hydrogens is 220 g/mol. The zero-order valence-electron chi connectivity index (χ0n) is 10.7. The van der Waals surface area contributed by atoms with E-state index >= 15 is 0 Å². The van der Waals surface area contributed by atoms with Crippen LogP contribution in [0.2, 0.25) is 0 Å². The first-order valence-corrected chi connectivity index (χ1v) is 6.44. The molecule has 92 valence electrons. The van der Waals surface area contributed by atoms with Gasteiger partial charge in [-0.25, -0.2) is 0 Å². The molecular formula is C16H18N2. The molecule has 0 bridgehead atoms. The van der Waals surface area contributed by atoms with Crippen molar-refractivity contribution in [1.29, 1.82) is 0 Å². The minimum Gasteiger partial charge on any atom is -0.355 e. The molecule has 0 aromatic heterocycles. The van der Waals surface area contributed by atoms with E-state index < -0.39 is 0 Å². The maximum Gasteiger partial charge on any atom is 0.0947 e. The summed E-state index contributed by atoms with van der Waals surface area (Å²) in [6, 6.07) is 0. The summed E-state index contributed by atoms with van der Waals surface area (Å²) in [4.78, 5) is 4.71. The Morgan fingerprint density at radius 1 is 0.944 bits per heavy atom. The van der Waals surface area contributed by atoms with Gasteiger partial charge in [-0.1, -0.05) is 36.5 Å². The third kappa shape index (κ3) is 1.94. The van der Waals surface area contributed by atoms with Crippen LogP contribution in [0.25, 0.3) is 0 Å². The quantitative estimate of drug-likeness (QED) is 0.691. The van der Waals surface area contributed by atoms with Crippen LogP contribution in [0.5, 0.6) is 0 Å². The second-order valence-corrected chi connectivity index (χ2v) is 4.75. The normalized spacial score (nSPS) is 22.2. The average molecular weight is 238 g/mol. The summed E-state index contributed by atoms with van der Waals surface area (Å²) in [6.45, 7) is 0.937. The molecule has 0 aromatic rings. The topological polar surface area (TPSA) is 6.48 Å². The van der Waals surface area contributed by atoms with Crippen LogP contribution in [-0.2, 0) is 0 Å². The molecule has 3 aliphatic rings. The minimum absolute atomic E-state index is 0.937. The van der Waals surface area contributed by atoms with Crippen LogP contribution in [0.15, 0.2) is 71.8 Å². The first kappa shape index (κ1) is 11.1. The molecule has 1 heterocycles. The van der Waals surface area contributed by atoms with Crippen LogP contribution >= 0.6 is 0 Å². The molecule has 0 radical (unpaired) electrons. The van der Waals surface area contributed by atoms with E-state index in [1.807, 2.05) is 0 Å². The highest BCUT2D eigenvalue weighted by molar-refractivity contribution is 5.40. The Morgan fingerprint density at radius 2 is 1.78 bits per heavy atom. The molecule has 0 unspecified atom stereocenters. The maximum atomic E-state index is 2.40. The van der Waals surface area contributed by atoms with Crippen molar-refractivity contribution in [2.24, 2.45) is 0 Å². The molecule has 0 atom stereocenters. The van der Waals surface area contributed by atoms with Gasteiger partial charge in [0.25, 0.3) is 0 Å². The molecule has 0 saturated heterocycles. The maximum absolute atomic E-state index is 2.40. The van der Waals surface area contributed by atoms with Gasteiger partial charge >= 0.3 is 0 Å². The van der Waals surface area contributed by atoms with Crippen LogP contribution in [0.3, 0.4) is 0 Å². The summed E-state index contributed by atoms with van der Waals surface area (Å²) in [5.74, 6) is 0. The number of likely N-dealkylation sites (N-methyl/N-ethyl adjacent to an activating group) is 1. The molecule has 0 amide bonds. The van der Waals surface area contributed by atoms with Crippen molar-refractivity contribution >= 4 is 0 Å². The Kier molecular flexibility index (Phi) is 2.93. The lowest BCUT2D eigenvalue weighted by Gasteiger charge is -2.23. The SMILES string of the molecule is CN1CN(C2=CC=CC=CC2)C2=C1C=CCC=C2. The molecule has 0 spiro atoms. The second kappa shape index (κ2) is 4.73. The number of nitrogens with zero attached hydrogens (tertiary/aromatic N) is 2. The van der Waals surface area contributed by atoms with Crippen molar-refractivity contribution in [3.63, 3.8) is 0 Å². The van der Waals surface area contributed by atoms with Gasteiger partial charge in [0.05, 0.1) is 18.1 Å².